The molecule has 1 saturated heterocycles. The maximum Gasteiger partial charge on any atom is 0.417 e. The zero-order valence-corrected chi connectivity index (χ0v) is 20.2. The van der Waals surface area contributed by atoms with E-state index >= 15 is 0 Å². The van der Waals surface area contributed by atoms with Crippen molar-refractivity contribution in [2.24, 2.45) is 0 Å². The third-order valence-corrected chi connectivity index (χ3v) is 6.30. The number of nitrogens with zero attached hydrogens (tertiary/aromatic N) is 2. The van der Waals surface area contributed by atoms with Crippen LogP contribution in [-0.4, -0.2) is 54.3 Å². The molecule has 2 aromatic rings. The minimum absolute atomic E-state index is 0.357. The predicted molar refractivity (Wildman–Crippen MR) is 131 cm³/mol. The van der Waals surface area contributed by atoms with Crippen LogP contribution in [0.1, 0.15) is 30.0 Å². The highest BCUT2D eigenvalue weighted by molar-refractivity contribution is 7.80. The lowest BCUT2D eigenvalue weighted by molar-refractivity contribution is -0.137. The lowest BCUT2D eigenvalue weighted by atomic mass is 10.1. The Kier molecular flexibility index (Phi) is 9.37. The lowest BCUT2D eigenvalue weighted by Crippen LogP contribution is -2.40. The van der Waals surface area contributed by atoms with Gasteiger partial charge in [0.1, 0.15) is 0 Å². The van der Waals surface area contributed by atoms with Crippen LogP contribution < -0.4 is 5.32 Å². The fourth-order valence-corrected chi connectivity index (χ4v) is 4.25. The van der Waals surface area contributed by atoms with Gasteiger partial charge in [0.15, 0.2) is 5.11 Å². The summed E-state index contributed by atoms with van der Waals surface area (Å²) >= 11 is 11.5. The molecule has 0 radical (unpaired) electrons. The van der Waals surface area contributed by atoms with Gasteiger partial charge in [0.25, 0.3) is 0 Å². The van der Waals surface area contributed by atoms with Gasteiger partial charge in [0.2, 0.25) is 0 Å². The zero-order valence-electron chi connectivity index (χ0n) is 18.6. The monoisotopic (exact) mass is 499 g/mol. The standard InChI is InChI=1S/C24H29ClF3N3OS/c1-2-18-4-6-19(7-5-18)17-31(11-3-10-30-12-14-32-15-13-30)23(33)29-20-8-9-21(22(25)16-20)24(26,27)28/h4-9,16H,2-3,10-15,17H2,1H3,(H,29,33). The van der Waals surface area contributed by atoms with Crippen molar-refractivity contribution in [3.05, 3.63) is 64.2 Å². The van der Waals surface area contributed by atoms with Gasteiger partial charge >= 0.3 is 6.18 Å². The van der Waals surface area contributed by atoms with Crippen molar-refractivity contribution in [2.45, 2.75) is 32.5 Å². The van der Waals surface area contributed by atoms with Gasteiger partial charge in [-0.15, -0.1) is 0 Å². The van der Waals surface area contributed by atoms with Gasteiger partial charge in [0.05, 0.1) is 23.8 Å². The van der Waals surface area contributed by atoms with Crippen molar-refractivity contribution in [1.82, 2.24) is 9.80 Å². The van der Waals surface area contributed by atoms with E-state index in [-0.39, 0.29) is 5.02 Å². The summed E-state index contributed by atoms with van der Waals surface area (Å²) in [5.41, 5.74) is 1.95. The molecule has 1 aliphatic rings. The molecule has 0 amide bonds. The number of halogens is 4. The van der Waals surface area contributed by atoms with E-state index in [4.69, 9.17) is 28.6 Å². The van der Waals surface area contributed by atoms with Crippen molar-refractivity contribution in [3.63, 3.8) is 0 Å². The Morgan fingerprint density at radius 3 is 2.39 bits per heavy atom. The van der Waals surface area contributed by atoms with Crippen molar-refractivity contribution in [3.8, 4) is 0 Å². The molecule has 180 valence electrons. The van der Waals surface area contributed by atoms with E-state index < -0.39 is 11.7 Å². The summed E-state index contributed by atoms with van der Waals surface area (Å²) in [7, 11) is 0. The molecule has 33 heavy (non-hydrogen) atoms. The summed E-state index contributed by atoms with van der Waals surface area (Å²) in [5.74, 6) is 0. The molecule has 2 aromatic carbocycles. The number of alkyl halides is 3. The molecule has 0 spiro atoms. The number of rotatable bonds is 8. The fraction of sp³-hybridized carbons (Fsp3) is 0.458. The van der Waals surface area contributed by atoms with E-state index in [1.807, 2.05) is 4.90 Å². The van der Waals surface area contributed by atoms with Crippen molar-refractivity contribution < 1.29 is 17.9 Å². The number of morpholine rings is 1. The van der Waals surface area contributed by atoms with Gasteiger partial charge in [-0.3, -0.25) is 4.90 Å². The number of anilines is 1. The van der Waals surface area contributed by atoms with Crippen LogP contribution in [0.4, 0.5) is 18.9 Å². The lowest BCUT2D eigenvalue weighted by Gasteiger charge is -2.30. The molecule has 1 heterocycles. The zero-order chi connectivity index (χ0) is 23.8. The minimum Gasteiger partial charge on any atom is -0.379 e. The van der Waals surface area contributed by atoms with Crippen molar-refractivity contribution in [1.29, 1.82) is 0 Å². The minimum atomic E-state index is -4.49. The van der Waals surface area contributed by atoms with E-state index in [0.29, 0.717) is 23.9 Å². The third-order valence-electron chi connectivity index (χ3n) is 5.62. The first-order valence-corrected chi connectivity index (χ1v) is 11.9. The van der Waals surface area contributed by atoms with Gasteiger partial charge in [-0.1, -0.05) is 42.8 Å². The molecule has 1 N–H and O–H groups in total. The van der Waals surface area contributed by atoms with Crippen LogP contribution in [0.2, 0.25) is 5.02 Å². The van der Waals surface area contributed by atoms with E-state index in [1.54, 1.807) is 0 Å². The van der Waals surface area contributed by atoms with Gasteiger partial charge in [-0.25, -0.2) is 0 Å². The summed E-state index contributed by atoms with van der Waals surface area (Å²) in [6.07, 6.45) is -2.62. The molecule has 0 atom stereocenters. The molecule has 0 saturated carbocycles. The largest absolute Gasteiger partial charge is 0.417 e. The second-order valence-corrected chi connectivity index (χ2v) is 8.82. The van der Waals surface area contributed by atoms with Crippen LogP contribution in [0.5, 0.6) is 0 Å². The summed E-state index contributed by atoms with van der Waals surface area (Å²) in [4.78, 5) is 4.41. The number of aryl methyl sites for hydroxylation is 1. The molecule has 0 aliphatic carbocycles. The molecule has 1 aliphatic heterocycles. The SMILES string of the molecule is CCc1ccc(CN(CCCN2CCOCC2)C(=S)Nc2ccc(C(F)(F)F)c(Cl)c2)cc1. The summed E-state index contributed by atoms with van der Waals surface area (Å²) < 4.78 is 44.4. The van der Waals surface area contributed by atoms with E-state index in [0.717, 1.165) is 57.3 Å². The molecule has 3 rings (SSSR count). The fourth-order valence-electron chi connectivity index (χ4n) is 3.69. The smallest absolute Gasteiger partial charge is 0.379 e. The quantitative estimate of drug-likeness (QED) is 0.460. The summed E-state index contributed by atoms with van der Waals surface area (Å²) in [6.45, 7) is 7.71. The maximum absolute atomic E-state index is 13.0. The topological polar surface area (TPSA) is 27.7 Å². The van der Waals surface area contributed by atoms with E-state index in [1.165, 1.54) is 17.7 Å². The number of benzene rings is 2. The average Bonchev–Trinajstić information content (AvgIpc) is 2.78. The highest BCUT2D eigenvalue weighted by Crippen LogP contribution is 2.35. The van der Waals surface area contributed by atoms with Crippen LogP contribution >= 0.6 is 23.8 Å². The Labute approximate surface area is 203 Å². The number of thiocarbonyl (C=S) groups is 1. The van der Waals surface area contributed by atoms with E-state index in [9.17, 15) is 13.2 Å². The Morgan fingerprint density at radius 2 is 1.79 bits per heavy atom. The summed E-state index contributed by atoms with van der Waals surface area (Å²) in [6, 6.07) is 12.0. The van der Waals surface area contributed by atoms with E-state index in [2.05, 4.69) is 41.4 Å². The third kappa shape index (κ3) is 7.84. The van der Waals surface area contributed by atoms with Crippen LogP contribution in [0, 0.1) is 0 Å². The van der Waals surface area contributed by atoms with Crippen LogP contribution in [0.15, 0.2) is 42.5 Å². The summed E-state index contributed by atoms with van der Waals surface area (Å²) in [5, 5.41) is 3.16. The normalized spacial score (nSPS) is 14.8. The highest BCUT2D eigenvalue weighted by atomic mass is 35.5. The number of nitrogens with one attached hydrogen (secondary N) is 1. The second-order valence-electron chi connectivity index (χ2n) is 8.02. The molecule has 9 heteroatoms. The Balaban J connectivity index is 1.67. The highest BCUT2D eigenvalue weighted by Gasteiger charge is 2.33. The maximum atomic E-state index is 13.0. The van der Waals surface area contributed by atoms with Crippen molar-refractivity contribution in [2.75, 3.05) is 44.7 Å². The first-order valence-electron chi connectivity index (χ1n) is 11.1. The number of hydrogen-bond donors (Lipinski definition) is 1. The first-order chi connectivity index (χ1) is 15.8. The Bertz CT molecular complexity index is 918. The Morgan fingerprint density at radius 1 is 1.12 bits per heavy atom. The average molecular weight is 500 g/mol. The van der Waals surface area contributed by atoms with Gasteiger partial charge < -0.3 is 15.0 Å². The Hall–Kier alpha value is -1.87. The second kappa shape index (κ2) is 12.0. The van der Waals surface area contributed by atoms with Gasteiger partial charge in [0, 0.05) is 38.4 Å². The van der Waals surface area contributed by atoms with Crippen LogP contribution in [0.25, 0.3) is 0 Å². The number of ether oxygens (including phenoxy) is 1. The first kappa shape index (κ1) is 25.7. The molecule has 0 bridgehead atoms. The van der Waals surface area contributed by atoms with Crippen LogP contribution in [0.3, 0.4) is 0 Å². The van der Waals surface area contributed by atoms with Crippen molar-refractivity contribution >= 4 is 34.6 Å². The molecular formula is C24H29ClF3N3OS. The molecule has 1 fully saturated rings. The molecule has 0 unspecified atom stereocenters. The molecule has 4 nitrogen and oxygen atoms in total. The molecular weight excluding hydrogens is 471 g/mol. The number of hydrogen-bond acceptors (Lipinski definition) is 3. The van der Waals surface area contributed by atoms with Gasteiger partial charge in [-0.05, 0) is 54.4 Å². The van der Waals surface area contributed by atoms with Gasteiger partial charge in [-0.2, -0.15) is 13.2 Å². The molecule has 0 aromatic heterocycles. The predicted octanol–water partition coefficient (Wildman–Crippen LogP) is 5.84. The van der Waals surface area contributed by atoms with Crippen LogP contribution in [-0.2, 0) is 23.9 Å².